The van der Waals surface area contributed by atoms with Gasteiger partial charge in [-0.1, -0.05) is 6.92 Å². The second-order valence-electron chi connectivity index (χ2n) is 3.57. The van der Waals surface area contributed by atoms with Crippen molar-refractivity contribution in [1.82, 2.24) is 4.98 Å². The van der Waals surface area contributed by atoms with Crippen LogP contribution in [0, 0.1) is 11.6 Å². The quantitative estimate of drug-likeness (QED) is 0.861. The van der Waals surface area contributed by atoms with Gasteiger partial charge in [0.05, 0.1) is 10.9 Å². The van der Waals surface area contributed by atoms with Crippen LogP contribution in [-0.4, -0.2) is 11.5 Å². The molecule has 0 amide bonds. The SMILES string of the molecule is CCCNc1ccnc2cc(F)cc(F)c12. The molecule has 16 heavy (non-hydrogen) atoms. The molecule has 2 aromatic rings. The van der Waals surface area contributed by atoms with Gasteiger partial charge in [-0.2, -0.15) is 0 Å². The third-order valence-corrected chi connectivity index (χ3v) is 2.32. The summed E-state index contributed by atoms with van der Waals surface area (Å²) in [5.41, 5.74) is 0.989. The lowest BCUT2D eigenvalue weighted by Crippen LogP contribution is -2.01. The first-order valence-corrected chi connectivity index (χ1v) is 5.20. The first kappa shape index (κ1) is 10.8. The molecule has 1 aromatic carbocycles. The second-order valence-corrected chi connectivity index (χ2v) is 3.57. The summed E-state index contributed by atoms with van der Waals surface area (Å²) in [7, 11) is 0. The number of benzene rings is 1. The number of hydrogen-bond acceptors (Lipinski definition) is 2. The summed E-state index contributed by atoms with van der Waals surface area (Å²) in [5, 5.41) is 3.44. The molecular weight excluding hydrogens is 210 g/mol. The largest absolute Gasteiger partial charge is 0.384 e. The van der Waals surface area contributed by atoms with Crippen LogP contribution in [-0.2, 0) is 0 Å². The Labute approximate surface area is 92.3 Å². The molecule has 0 bridgehead atoms. The smallest absolute Gasteiger partial charge is 0.137 e. The van der Waals surface area contributed by atoms with Crippen molar-refractivity contribution in [2.24, 2.45) is 0 Å². The zero-order valence-electron chi connectivity index (χ0n) is 8.93. The number of pyridine rings is 1. The average molecular weight is 222 g/mol. The van der Waals surface area contributed by atoms with Gasteiger partial charge in [0, 0.05) is 30.6 Å². The molecule has 0 saturated heterocycles. The van der Waals surface area contributed by atoms with Crippen molar-refractivity contribution < 1.29 is 8.78 Å². The second kappa shape index (κ2) is 4.43. The number of anilines is 1. The molecule has 0 fully saturated rings. The predicted octanol–water partition coefficient (Wildman–Crippen LogP) is 3.33. The Morgan fingerprint density at radius 3 is 2.88 bits per heavy atom. The maximum Gasteiger partial charge on any atom is 0.137 e. The number of nitrogens with one attached hydrogen (secondary N) is 1. The molecule has 0 unspecified atom stereocenters. The van der Waals surface area contributed by atoms with Crippen LogP contribution in [0.2, 0.25) is 0 Å². The van der Waals surface area contributed by atoms with Crippen LogP contribution in [0.15, 0.2) is 24.4 Å². The van der Waals surface area contributed by atoms with E-state index in [-0.39, 0.29) is 0 Å². The highest BCUT2D eigenvalue weighted by atomic mass is 19.1. The van der Waals surface area contributed by atoms with Gasteiger partial charge in [0.1, 0.15) is 11.6 Å². The van der Waals surface area contributed by atoms with Crippen LogP contribution >= 0.6 is 0 Å². The van der Waals surface area contributed by atoms with Crippen molar-refractivity contribution in [2.75, 3.05) is 11.9 Å². The molecule has 0 aliphatic heterocycles. The van der Waals surface area contributed by atoms with E-state index in [1.807, 2.05) is 6.92 Å². The van der Waals surface area contributed by atoms with Crippen LogP contribution in [0.25, 0.3) is 10.9 Å². The molecule has 1 N–H and O–H groups in total. The summed E-state index contributed by atoms with van der Waals surface area (Å²) in [6.45, 7) is 2.77. The van der Waals surface area contributed by atoms with E-state index < -0.39 is 11.6 Å². The van der Waals surface area contributed by atoms with Crippen LogP contribution in [0.3, 0.4) is 0 Å². The number of halogens is 2. The summed E-state index contributed by atoms with van der Waals surface area (Å²) in [6, 6.07) is 3.80. The van der Waals surface area contributed by atoms with Gasteiger partial charge in [-0.25, -0.2) is 8.78 Å². The van der Waals surface area contributed by atoms with Crippen molar-refractivity contribution in [2.45, 2.75) is 13.3 Å². The van der Waals surface area contributed by atoms with Gasteiger partial charge in [0.15, 0.2) is 0 Å². The van der Waals surface area contributed by atoms with Crippen LogP contribution in [0.4, 0.5) is 14.5 Å². The van der Waals surface area contributed by atoms with Gasteiger partial charge in [0.2, 0.25) is 0 Å². The fourth-order valence-corrected chi connectivity index (χ4v) is 1.61. The molecule has 0 spiro atoms. The molecule has 0 atom stereocenters. The van der Waals surface area contributed by atoms with E-state index in [1.165, 1.54) is 6.07 Å². The van der Waals surface area contributed by atoms with Gasteiger partial charge >= 0.3 is 0 Å². The standard InChI is InChI=1S/C12H12F2N2/c1-2-4-15-10-3-5-16-11-7-8(13)6-9(14)12(10)11/h3,5-7H,2,4H2,1H3,(H,15,16). The number of nitrogens with zero attached hydrogens (tertiary/aromatic N) is 1. The van der Waals surface area contributed by atoms with E-state index in [2.05, 4.69) is 10.3 Å². The maximum atomic E-state index is 13.6. The normalized spacial score (nSPS) is 10.7. The topological polar surface area (TPSA) is 24.9 Å². The molecule has 4 heteroatoms. The highest BCUT2D eigenvalue weighted by Crippen LogP contribution is 2.25. The maximum absolute atomic E-state index is 13.6. The third-order valence-electron chi connectivity index (χ3n) is 2.32. The Balaban J connectivity index is 2.57. The van der Waals surface area contributed by atoms with Crippen LogP contribution < -0.4 is 5.32 Å². The molecule has 1 aromatic heterocycles. The van der Waals surface area contributed by atoms with Gasteiger partial charge in [-0.3, -0.25) is 4.98 Å². The summed E-state index contributed by atoms with van der Waals surface area (Å²) in [5.74, 6) is -1.19. The van der Waals surface area contributed by atoms with E-state index in [9.17, 15) is 8.78 Å². The van der Waals surface area contributed by atoms with E-state index >= 15 is 0 Å². The van der Waals surface area contributed by atoms with Gasteiger partial charge in [0.25, 0.3) is 0 Å². The van der Waals surface area contributed by atoms with Crippen LogP contribution in [0.1, 0.15) is 13.3 Å². The van der Waals surface area contributed by atoms with E-state index in [4.69, 9.17) is 0 Å². The molecular formula is C12H12F2N2. The first-order chi connectivity index (χ1) is 7.72. The number of hydrogen-bond donors (Lipinski definition) is 1. The lowest BCUT2D eigenvalue weighted by atomic mass is 10.1. The highest BCUT2D eigenvalue weighted by molar-refractivity contribution is 5.91. The van der Waals surface area contributed by atoms with E-state index in [0.717, 1.165) is 19.0 Å². The fraction of sp³-hybridized carbons (Fsp3) is 0.250. The molecule has 2 rings (SSSR count). The third kappa shape index (κ3) is 1.96. The molecule has 0 radical (unpaired) electrons. The molecule has 0 aliphatic rings. The first-order valence-electron chi connectivity index (χ1n) is 5.20. The summed E-state index contributed by atoms with van der Waals surface area (Å²) < 4.78 is 26.6. The minimum Gasteiger partial charge on any atom is -0.384 e. The zero-order valence-corrected chi connectivity index (χ0v) is 8.93. The Bertz CT molecular complexity index is 512. The van der Waals surface area contributed by atoms with Crippen molar-refractivity contribution in [3.8, 4) is 0 Å². The minimum atomic E-state index is -0.606. The van der Waals surface area contributed by atoms with E-state index in [1.54, 1.807) is 12.3 Å². The summed E-state index contributed by atoms with van der Waals surface area (Å²) >= 11 is 0. The fourth-order valence-electron chi connectivity index (χ4n) is 1.61. The van der Waals surface area contributed by atoms with Crippen molar-refractivity contribution >= 4 is 16.6 Å². The summed E-state index contributed by atoms with van der Waals surface area (Å²) in [6.07, 6.45) is 2.48. The molecule has 0 saturated carbocycles. The van der Waals surface area contributed by atoms with Gasteiger partial charge < -0.3 is 5.32 Å². The van der Waals surface area contributed by atoms with Crippen molar-refractivity contribution in [3.63, 3.8) is 0 Å². The van der Waals surface area contributed by atoms with Gasteiger partial charge in [-0.05, 0) is 12.5 Å². The monoisotopic (exact) mass is 222 g/mol. The average Bonchev–Trinajstić information content (AvgIpc) is 2.25. The van der Waals surface area contributed by atoms with E-state index in [0.29, 0.717) is 16.6 Å². The number of aromatic nitrogens is 1. The summed E-state index contributed by atoms with van der Waals surface area (Å²) in [4.78, 5) is 3.95. The lowest BCUT2D eigenvalue weighted by Gasteiger charge is -2.08. The zero-order chi connectivity index (χ0) is 11.5. The van der Waals surface area contributed by atoms with Crippen molar-refractivity contribution in [1.29, 1.82) is 0 Å². The predicted molar refractivity (Wildman–Crippen MR) is 60.4 cm³/mol. The number of rotatable bonds is 3. The molecule has 1 heterocycles. The van der Waals surface area contributed by atoms with Gasteiger partial charge in [-0.15, -0.1) is 0 Å². The Morgan fingerprint density at radius 2 is 2.12 bits per heavy atom. The van der Waals surface area contributed by atoms with Crippen LogP contribution in [0.5, 0.6) is 0 Å². The number of fused-ring (bicyclic) bond motifs is 1. The molecule has 2 nitrogen and oxygen atoms in total. The van der Waals surface area contributed by atoms with Crippen molar-refractivity contribution in [3.05, 3.63) is 36.0 Å². The molecule has 84 valence electrons. The Morgan fingerprint density at radius 1 is 1.31 bits per heavy atom. The lowest BCUT2D eigenvalue weighted by molar-refractivity contribution is 0.591. The Kier molecular flexibility index (Phi) is 2.99. The highest BCUT2D eigenvalue weighted by Gasteiger charge is 2.09. The Hall–Kier alpha value is -1.71. The molecule has 0 aliphatic carbocycles. The minimum absolute atomic E-state index is 0.332.